The quantitative estimate of drug-likeness (QED) is 0.856. The molecule has 2 aliphatic heterocycles. The molecule has 1 amide bonds. The molecule has 1 N–H and O–H groups in total. The smallest absolute Gasteiger partial charge is 0.246 e. The van der Waals surface area contributed by atoms with E-state index in [1.165, 1.54) is 5.56 Å². The van der Waals surface area contributed by atoms with E-state index in [1.54, 1.807) is 0 Å². The largest absolute Gasteiger partial charge is 0.340 e. The number of benzene rings is 1. The zero-order valence-electron chi connectivity index (χ0n) is 16.6. The van der Waals surface area contributed by atoms with E-state index in [4.69, 9.17) is 4.99 Å². The number of carbonyl (C=O) groups excluding carboxylic acids is 1. The van der Waals surface area contributed by atoms with Gasteiger partial charge in [0.1, 0.15) is 0 Å². The van der Waals surface area contributed by atoms with Crippen LogP contribution in [0.25, 0.3) is 0 Å². The van der Waals surface area contributed by atoms with Crippen molar-refractivity contribution < 1.29 is 4.79 Å². The summed E-state index contributed by atoms with van der Waals surface area (Å²) in [5.74, 6) is 0.498. The summed E-state index contributed by atoms with van der Waals surface area (Å²) in [7, 11) is 0. The molecule has 1 atom stereocenters. The van der Waals surface area contributed by atoms with Crippen LogP contribution >= 0.6 is 0 Å². The molecule has 3 aliphatic rings. The van der Waals surface area contributed by atoms with Crippen LogP contribution < -0.4 is 5.32 Å². The third-order valence-electron chi connectivity index (χ3n) is 6.55. The Kier molecular flexibility index (Phi) is 5.36. The zero-order chi connectivity index (χ0) is 19.6. The van der Waals surface area contributed by atoms with Gasteiger partial charge in [0, 0.05) is 32.7 Å². The number of amides is 1. The number of carbonyl (C=O) groups is 1. The van der Waals surface area contributed by atoms with Gasteiger partial charge in [-0.15, -0.1) is 0 Å². The molecular formula is C22H29N5O. The second kappa shape index (κ2) is 7.92. The molecule has 0 aromatic heterocycles. The predicted octanol–water partition coefficient (Wildman–Crippen LogP) is 2.38. The Morgan fingerprint density at radius 3 is 2.50 bits per heavy atom. The van der Waals surface area contributed by atoms with Crippen molar-refractivity contribution in [3.05, 3.63) is 35.9 Å². The molecule has 1 aromatic carbocycles. The standard InChI is InChI=1S/C22H29N5O/c1-17-7-9-22(10-8-17)19(15-23)20(28)24-21(25-22)27-13-11-26(12-14-27)16-18-5-3-2-4-6-18/h2-6,17,19H,7-14,16H2,1H3,(H,24,25,28)/t17?,19-,22?/m0/s1. The van der Waals surface area contributed by atoms with Gasteiger partial charge in [0.25, 0.3) is 0 Å². The number of hydrogen-bond acceptors (Lipinski definition) is 5. The maximum absolute atomic E-state index is 12.7. The van der Waals surface area contributed by atoms with E-state index in [1.807, 2.05) is 6.07 Å². The number of guanidine groups is 1. The second-order valence-electron chi connectivity index (χ2n) is 8.52. The fourth-order valence-corrected chi connectivity index (χ4v) is 4.68. The van der Waals surface area contributed by atoms with E-state index >= 15 is 0 Å². The lowest BCUT2D eigenvalue weighted by molar-refractivity contribution is -0.125. The van der Waals surface area contributed by atoms with Crippen molar-refractivity contribution in [3.8, 4) is 6.07 Å². The molecule has 0 radical (unpaired) electrons. The van der Waals surface area contributed by atoms with Crippen molar-refractivity contribution in [1.29, 1.82) is 5.26 Å². The van der Waals surface area contributed by atoms with Gasteiger partial charge in [-0.25, -0.2) is 4.99 Å². The van der Waals surface area contributed by atoms with E-state index in [0.717, 1.165) is 58.4 Å². The van der Waals surface area contributed by atoms with Gasteiger partial charge in [0.2, 0.25) is 11.9 Å². The Bertz CT molecular complexity index is 768. The molecule has 1 saturated carbocycles. The topological polar surface area (TPSA) is 71.7 Å². The van der Waals surface area contributed by atoms with Crippen LogP contribution in [-0.4, -0.2) is 53.4 Å². The molecular weight excluding hydrogens is 350 g/mol. The van der Waals surface area contributed by atoms with Crippen molar-refractivity contribution in [2.45, 2.75) is 44.7 Å². The molecule has 4 rings (SSSR count). The van der Waals surface area contributed by atoms with E-state index < -0.39 is 11.5 Å². The molecule has 2 heterocycles. The minimum Gasteiger partial charge on any atom is -0.340 e. The molecule has 1 spiro atoms. The van der Waals surface area contributed by atoms with Crippen LogP contribution in [0.1, 0.15) is 38.2 Å². The first kappa shape index (κ1) is 18.9. The summed E-state index contributed by atoms with van der Waals surface area (Å²) in [4.78, 5) is 22.3. The summed E-state index contributed by atoms with van der Waals surface area (Å²) < 4.78 is 0. The third-order valence-corrected chi connectivity index (χ3v) is 6.55. The Morgan fingerprint density at radius 2 is 1.86 bits per heavy atom. The fraction of sp³-hybridized carbons (Fsp3) is 0.591. The lowest BCUT2D eigenvalue weighted by Gasteiger charge is -2.44. The summed E-state index contributed by atoms with van der Waals surface area (Å²) >= 11 is 0. The highest BCUT2D eigenvalue weighted by Gasteiger charge is 2.49. The van der Waals surface area contributed by atoms with Crippen molar-refractivity contribution in [3.63, 3.8) is 0 Å². The minimum absolute atomic E-state index is 0.172. The van der Waals surface area contributed by atoms with Crippen molar-refractivity contribution in [1.82, 2.24) is 15.1 Å². The average Bonchev–Trinajstić information content (AvgIpc) is 2.71. The van der Waals surface area contributed by atoms with Crippen LogP contribution in [0.4, 0.5) is 0 Å². The van der Waals surface area contributed by atoms with Gasteiger partial charge in [-0.1, -0.05) is 37.3 Å². The maximum atomic E-state index is 12.7. The highest BCUT2D eigenvalue weighted by molar-refractivity contribution is 6.02. The number of nitrogens with zero attached hydrogens (tertiary/aromatic N) is 4. The monoisotopic (exact) mass is 379 g/mol. The third kappa shape index (κ3) is 3.77. The lowest BCUT2D eigenvalue weighted by atomic mass is 9.70. The molecule has 6 heteroatoms. The number of nitrogens with one attached hydrogen (secondary N) is 1. The molecule has 0 unspecified atom stereocenters. The number of aliphatic imine (C=N–C) groups is 1. The van der Waals surface area contributed by atoms with E-state index in [-0.39, 0.29) is 5.91 Å². The first-order valence-corrected chi connectivity index (χ1v) is 10.4. The molecule has 2 fully saturated rings. The number of rotatable bonds is 2. The van der Waals surface area contributed by atoms with E-state index in [0.29, 0.717) is 11.9 Å². The first-order valence-electron chi connectivity index (χ1n) is 10.4. The van der Waals surface area contributed by atoms with Crippen LogP contribution in [0.15, 0.2) is 35.3 Å². The Hall–Kier alpha value is -2.39. The van der Waals surface area contributed by atoms with Gasteiger partial charge in [0.15, 0.2) is 5.92 Å². The van der Waals surface area contributed by atoms with Gasteiger partial charge >= 0.3 is 0 Å². The second-order valence-corrected chi connectivity index (χ2v) is 8.52. The molecule has 6 nitrogen and oxygen atoms in total. The first-order chi connectivity index (χ1) is 13.6. The van der Waals surface area contributed by atoms with Gasteiger partial charge in [-0.05, 0) is 37.2 Å². The van der Waals surface area contributed by atoms with Crippen LogP contribution in [-0.2, 0) is 11.3 Å². The lowest BCUT2D eigenvalue weighted by Crippen LogP contribution is -2.60. The molecule has 28 heavy (non-hydrogen) atoms. The minimum atomic E-state index is -0.664. The molecule has 148 valence electrons. The molecule has 1 aliphatic carbocycles. The average molecular weight is 380 g/mol. The van der Waals surface area contributed by atoms with Crippen LogP contribution in [0, 0.1) is 23.2 Å². The normalized spacial score (nSPS) is 31.2. The van der Waals surface area contributed by atoms with E-state index in [9.17, 15) is 10.1 Å². The highest BCUT2D eigenvalue weighted by Crippen LogP contribution is 2.41. The zero-order valence-corrected chi connectivity index (χ0v) is 16.6. The Labute approximate surface area is 167 Å². The van der Waals surface area contributed by atoms with E-state index in [2.05, 4.69) is 52.4 Å². The number of nitriles is 1. The number of hydrogen-bond donors (Lipinski definition) is 1. The van der Waals surface area contributed by atoms with Crippen LogP contribution in [0.2, 0.25) is 0 Å². The van der Waals surface area contributed by atoms with Crippen LogP contribution in [0.3, 0.4) is 0 Å². The van der Waals surface area contributed by atoms with Gasteiger partial charge in [-0.2, -0.15) is 5.26 Å². The maximum Gasteiger partial charge on any atom is 0.246 e. The summed E-state index contributed by atoms with van der Waals surface area (Å²) in [5.41, 5.74) is 0.798. The SMILES string of the molecule is CC1CCC2(CC1)N=C(N1CCN(Cc3ccccc3)CC1)NC(=O)[C@@H]2C#N. The Morgan fingerprint density at radius 1 is 1.18 bits per heavy atom. The molecule has 1 saturated heterocycles. The van der Waals surface area contributed by atoms with Crippen LogP contribution in [0.5, 0.6) is 0 Å². The number of piperazine rings is 1. The summed E-state index contributed by atoms with van der Waals surface area (Å²) in [5, 5.41) is 12.5. The van der Waals surface area contributed by atoms with Crippen molar-refractivity contribution >= 4 is 11.9 Å². The Balaban J connectivity index is 1.45. The summed E-state index contributed by atoms with van der Waals surface area (Å²) in [6.07, 6.45) is 3.73. The summed E-state index contributed by atoms with van der Waals surface area (Å²) in [6.45, 7) is 6.76. The van der Waals surface area contributed by atoms with Crippen molar-refractivity contribution in [2.75, 3.05) is 26.2 Å². The molecule has 0 bridgehead atoms. The highest BCUT2D eigenvalue weighted by atomic mass is 16.2. The predicted molar refractivity (Wildman–Crippen MR) is 108 cm³/mol. The van der Waals surface area contributed by atoms with Gasteiger partial charge in [-0.3, -0.25) is 15.0 Å². The van der Waals surface area contributed by atoms with Gasteiger partial charge in [0.05, 0.1) is 11.6 Å². The van der Waals surface area contributed by atoms with Gasteiger partial charge < -0.3 is 4.90 Å². The molecule has 1 aromatic rings. The summed E-state index contributed by atoms with van der Waals surface area (Å²) in [6, 6.07) is 12.8. The van der Waals surface area contributed by atoms with Crippen molar-refractivity contribution in [2.24, 2.45) is 16.8 Å². The fourth-order valence-electron chi connectivity index (χ4n) is 4.68.